The highest BCUT2D eigenvalue weighted by molar-refractivity contribution is 14.1. The monoisotopic (exact) mass is 630 g/mol. The van der Waals surface area contributed by atoms with Crippen molar-refractivity contribution in [3.8, 4) is 11.5 Å². The highest BCUT2D eigenvalue weighted by Crippen LogP contribution is 2.37. The number of carbonyl (C=O) groups excluding carboxylic acids is 4. The average molecular weight is 630 g/mol. The Hall–Kier alpha value is -2.51. The molecule has 204 valence electrons. The summed E-state index contributed by atoms with van der Waals surface area (Å²) in [5, 5.41) is 23.1. The Morgan fingerprint density at radius 1 is 1.30 bits per heavy atom. The molecule has 3 atom stereocenters. The predicted molar refractivity (Wildman–Crippen MR) is 145 cm³/mol. The van der Waals surface area contributed by atoms with Gasteiger partial charge in [-0.3, -0.25) is 19.2 Å². The summed E-state index contributed by atoms with van der Waals surface area (Å²) in [5.41, 5.74) is 0.623. The molecule has 0 spiro atoms. The van der Waals surface area contributed by atoms with E-state index in [1.54, 1.807) is 13.0 Å². The van der Waals surface area contributed by atoms with Crippen LogP contribution in [-0.2, 0) is 14.4 Å². The van der Waals surface area contributed by atoms with Gasteiger partial charge >= 0.3 is 0 Å². The molecule has 0 aliphatic heterocycles. The Labute approximate surface area is 230 Å². The molecule has 0 bridgehead atoms. The van der Waals surface area contributed by atoms with Gasteiger partial charge in [0.15, 0.2) is 11.5 Å². The van der Waals surface area contributed by atoms with E-state index in [2.05, 4.69) is 5.32 Å². The molecule has 0 heterocycles. The molecule has 3 unspecified atom stereocenters. The van der Waals surface area contributed by atoms with Crippen molar-refractivity contribution >= 4 is 46.5 Å². The number of amides is 2. The number of hydrogen-bond acceptors (Lipinski definition) is 8. The fraction of sp³-hybridized carbons (Fsp3) is 0.538. The lowest BCUT2D eigenvalue weighted by Gasteiger charge is -2.40. The molecule has 0 radical (unpaired) electrons. The van der Waals surface area contributed by atoms with Gasteiger partial charge in [0, 0.05) is 37.1 Å². The minimum atomic E-state index is -1.28. The molecule has 37 heavy (non-hydrogen) atoms. The largest absolute Gasteiger partial charge is 0.493 e. The maximum atomic E-state index is 13.1. The van der Waals surface area contributed by atoms with Crippen molar-refractivity contribution in [3.63, 3.8) is 0 Å². The topological polar surface area (TPSA) is 142 Å². The summed E-state index contributed by atoms with van der Waals surface area (Å²) in [6.07, 6.45) is 0.392. The maximum absolute atomic E-state index is 13.1. The average Bonchev–Trinajstić information content (AvgIpc) is 2.88. The molecule has 1 aliphatic rings. The number of nitrogens with zero attached hydrogens (tertiary/aromatic N) is 1. The number of methoxy groups -OCH3 is 1. The molecule has 2 amide bonds. The Kier molecular flexibility index (Phi) is 12.0. The normalized spacial score (nSPS) is 19.1. The van der Waals surface area contributed by atoms with Crippen LogP contribution in [0, 0.1) is 9.49 Å². The van der Waals surface area contributed by atoms with Crippen molar-refractivity contribution in [3.05, 3.63) is 32.9 Å². The fourth-order valence-electron chi connectivity index (χ4n) is 3.96. The van der Waals surface area contributed by atoms with Gasteiger partial charge in [0.2, 0.25) is 11.7 Å². The number of ether oxygens (including phenoxy) is 2. The third-order valence-corrected chi connectivity index (χ3v) is 6.83. The second-order valence-corrected chi connectivity index (χ2v) is 10.3. The van der Waals surface area contributed by atoms with E-state index < -0.39 is 35.8 Å². The quantitative estimate of drug-likeness (QED) is 0.171. The zero-order valence-electron chi connectivity index (χ0n) is 21.5. The maximum Gasteiger partial charge on any atom is 0.290 e. The molecule has 3 N–H and O–H groups in total. The van der Waals surface area contributed by atoms with Crippen LogP contribution in [0.4, 0.5) is 0 Å². The number of benzene rings is 1. The smallest absolute Gasteiger partial charge is 0.290 e. The van der Waals surface area contributed by atoms with Crippen molar-refractivity contribution in [2.45, 2.75) is 58.3 Å². The number of Topliss-reactive ketones (excluding diaryl/α,β-unsaturated/α-hetero) is 1. The van der Waals surface area contributed by atoms with Crippen LogP contribution in [0.1, 0.15) is 50.4 Å². The molecular weight excluding hydrogens is 595 g/mol. The van der Waals surface area contributed by atoms with Crippen LogP contribution in [0.15, 0.2) is 23.8 Å². The van der Waals surface area contributed by atoms with Crippen molar-refractivity contribution < 1.29 is 38.9 Å². The van der Waals surface area contributed by atoms with Gasteiger partial charge in [0.25, 0.3) is 5.91 Å². The molecule has 2 rings (SSSR count). The second-order valence-electron chi connectivity index (χ2n) is 9.13. The van der Waals surface area contributed by atoms with Gasteiger partial charge in [0.05, 0.1) is 23.3 Å². The highest BCUT2D eigenvalue weighted by atomic mass is 127. The van der Waals surface area contributed by atoms with Gasteiger partial charge in [-0.25, -0.2) is 0 Å². The van der Waals surface area contributed by atoms with Crippen LogP contribution in [-0.4, -0.2) is 84.1 Å². The fourth-order valence-corrected chi connectivity index (χ4v) is 4.72. The minimum Gasteiger partial charge on any atom is -0.493 e. The molecule has 0 aromatic heterocycles. The van der Waals surface area contributed by atoms with Crippen LogP contribution in [0.3, 0.4) is 0 Å². The first-order valence-electron chi connectivity index (χ1n) is 12.2. The van der Waals surface area contributed by atoms with E-state index in [1.807, 2.05) is 36.4 Å². The number of hydrogen-bond donors (Lipinski definition) is 3. The van der Waals surface area contributed by atoms with Gasteiger partial charge in [-0.05, 0) is 53.1 Å². The summed E-state index contributed by atoms with van der Waals surface area (Å²) in [4.78, 5) is 51.0. The van der Waals surface area contributed by atoms with E-state index in [9.17, 15) is 24.3 Å². The van der Waals surface area contributed by atoms with Crippen molar-refractivity contribution in [1.29, 1.82) is 0 Å². The first kappa shape index (κ1) is 30.7. The van der Waals surface area contributed by atoms with Crippen LogP contribution in [0.25, 0.3) is 0 Å². The Bertz CT molecular complexity index is 1030. The molecule has 0 saturated heterocycles. The van der Waals surface area contributed by atoms with E-state index in [-0.39, 0.29) is 55.5 Å². The highest BCUT2D eigenvalue weighted by Gasteiger charge is 2.41. The number of rotatable bonds is 13. The lowest BCUT2D eigenvalue weighted by Crippen LogP contribution is -2.56. The number of halogens is 1. The lowest BCUT2D eigenvalue weighted by atomic mass is 9.87. The van der Waals surface area contributed by atoms with E-state index in [0.717, 1.165) is 0 Å². The first-order chi connectivity index (χ1) is 17.6. The van der Waals surface area contributed by atoms with E-state index in [4.69, 9.17) is 14.6 Å². The number of carbonyl (C=O) groups is 4. The van der Waals surface area contributed by atoms with Gasteiger partial charge in [-0.1, -0.05) is 20.8 Å². The molecule has 0 fully saturated rings. The molecule has 10 nitrogen and oxygen atoms in total. The summed E-state index contributed by atoms with van der Waals surface area (Å²) in [5.74, 6) is -1.04. The van der Waals surface area contributed by atoms with Gasteiger partial charge in [-0.15, -0.1) is 0 Å². The van der Waals surface area contributed by atoms with Crippen LogP contribution >= 0.6 is 22.6 Å². The lowest BCUT2D eigenvalue weighted by molar-refractivity contribution is -0.149. The van der Waals surface area contributed by atoms with Crippen LogP contribution < -0.4 is 14.8 Å². The molecule has 1 aromatic rings. The zero-order valence-corrected chi connectivity index (χ0v) is 23.7. The first-order valence-corrected chi connectivity index (χ1v) is 13.3. The minimum absolute atomic E-state index is 0.00255. The Morgan fingerprint density at radius 3 is 2.57 bits per heavy atom. The Morgan fingerprint density at radius 2 is 2.00 bits per heavy atom. The van der Waals surface area contributed by atoms with Crippen molar-refractivity contribution in [1.82, 2.24) is 10.2 Å². The van der Waals surface area contributed by atoms with Crippen molar-refractivity contribution in [2.24, 2.45) is 5.92 Å². The summed E-state index contributed by atoms with van der Waals surface area (Å²) >= 11 is 1.98. The Balaban J connectivity index is 2.54. The summed E-state index contributed by atoms with van der Waals surface area (Å²) in [6, 6.07) is 2.17. The van der Waals surface area contributed by atoms with Crippen molar-refractivity contribution in [2.75, 3.05) is 26.8 Å². The standard InChI is InChI=1S/C26H35IN2O8/c1-5-20(32)26(35)29(8-6-15(2)3)19-12-17(25(34)28-7-9-30)13-21(23(19)33)37-24-18(27)10-16(14-31)11-22(24)36-4/h10-11,13-15,19,21,23,30,33H,5-9,12H2,1-4H3,(H,28,34). The number of nitrogens with one attached hydrogen (secondary N) is 1. The summed E-state index contributed by atoms with van der Waals surface area (Å²) in [6.45, 7) is 5.55. The third kappa shape index (κ3) is 7.99. The van der Waals surface area contributed by atoms with Gasteiger partial charge in [-0.2, -0.15) is 0 Å². The van der Waals surface area contributed by atoms with E-state index in [0.29, 0.717) is 21.8 Å². The van der Waals surface area contributed by atoms with E-state index in [1.165, 1.54) is 24.2 Å². The zero-order chi connectivity index (χ0) is 27.7. The number of ketones is 1. The van der Waals surface area contributed by atoms with Crippen LogP contribution in [0.2, 0.25) is 0 Å². The SMILES string of the molecule is CCC(=O)C(=O)N(CCC(C)C)C1CC(C(=O)NCCO)=CC(Oc2c(I)cc(C=O)cc2OC)C1O. The molecule has 0 saturated carbocycles. The van der Waals surface area contributed by atoms with Gasteiger partial charge < -0.3 is 29.9 Å². The number of aliphatic hydroxyl groups excluding tert-OH is 2. The third-order valence-electron chi connectivity index (χ3n) is 6.02. The summed E-state index contributed by atoms with van der Waals surface area (Å²) < 4.78 is 12.1. The summed E-state index contributed by atoms with van der Waals surface area (Å²) in [7, 11) is 1.42. The molecule has 1 aromatic carbocycles. The molecule has 1 aliphatic carbocycles. The number of aldehydes is 1. The van der Waals surface area contributed by atoms with Gasteiger partial charge in [0.1, 0.15) is 18.5 Å². The van der Waals surface area contributed by atoms with E-state index >= 15 is 0 Å². The predicted octanol–water partition coefficient (Wildman–Crippen LogP) is 1.88. The molecular formula is C26H35IN2O8. The second kappa shape index (κ2) is 14.4. The van der Waals surface area contributed by atoms with Crippen LogP contribution in [0.5, 0.6) is 11.5 Å². The number of aliphatic hydroxyl groups is 2. The molecule has 11 heteroatoms.